The minimum atomic E-state index is -0.391. The molecule has 1 N–H and O–H groups in total. The molecule has 41 heavy (non-hydrogen) atoms. The van der Waals surface area contributed by atoms with Crippen LogP contribution in [0.5, 0.6) is 17.2 Å². The maximum absolute atomic E-state index is 11.5. The molecule has 0 aliphatic carbocycles. The van der Waals surface area contributed by atoms with Gasteiger partial charge in [-0.25, -0.2) is 0 Å². The van der Waals surface area contributed by atoms with Crippen LogP contribution in [0.1, 0.15) is 23.5 Å². The summed E-state index contributed by atoms with van der Waals surface area (Å²) in [5, 5.41) is 15.5. The molecule has 9 nitrogen and oxygen atoms in total. The van der Waals surface area contributed by atoms with Gasteiger partial charge in [-0.1, -0.05) is 12.1 Å². The normalized spacial score (nSPS) is 16.3. The highest BCUT2D eigenvalue weighted by atomic mass is 32.1. The number of methoxy groups -OCH3 is 1. The van der Waals surface area contributed by atoms with Gasteiger partial charge in [0.15, 0.2) is 5.11 Å². The number of hydrogen-bond acceptors (Lipinski definition) is 6. The molecular weight excluding hydrogens is 538 g/mol. The lowest BCUT2D eigenvalue weighted by Crippen LogP contribution is -2.30. The second kappa shape index (κ2) is 11.1. The van der Waals surface area contributed by atoms with Crippen molar-refractivity contribution in [1.82, 2.24) is 14.9 Å². The quantitative estimate of drug-likeness (QED) is 0.126. The number of benzene rings is 3. The highest BCUT2D eigenvalue weighted by Crippen LogP contribution is 2.43. The van der Waals surface area contributed by atoms with Gasteiger partial charge >= 0.3 is 0 Å². The molecule has 0 radical (unpaired) electrons. The topological polar surface area (TPSA) is 94.7 Å². The number of aromatic nitrogens is 2. The van der Waals surface area contributed by atoms with Gasteiger partial charge in [-0.15, -0.1) is 0 Å². The zero-order valence-electron chi connectivity index (χ0n) is 22.0. The third-order valence-electron chi connectivity index (χ3n) is 6.91. The number of pyridine rings is 1. The van der Waals surface area contributed by atoms with Gasteiger partial charge in [-0.2, -0.15) is 0 Å². The molecule has 0 amide bonds. The molecule has 0 saturated carbocycles. The molecule has 3 aromatic carbocycles. The van der Waals surface area contributed by atoms with E-state index in [2.05, 4.69) is 15.2 Å². The lowest BCUT2D eigenvalue weighted by atomic mass is 10.0. The first kappa shape index (κ1) is 26.0. The van der Waals surface area contributed by atoms with Crippen LogP contribution in [0.3, 0.4) is 0 Å². The summed E-state index contributed by atoms with van der Waals surface area (Å²) in [7, 11) is 1.62. The molecule has 1 saturated heterocycles. The van der Waals surface area contributed by atoms with Crippen LogP contribution < -0.4 is 19.7 Å². The zero-order chi connectivity index (χ0) is 28.3. The van der Waals surface area contributed by atoms with Gasteiger partial charge in [0.1, 0.15) is 23.3 Å². The fraction of sp³-hybridized carbons (Fsp3) is 0.0968. The number of non-ortho nitro benzene ring substituents is 1. The van der Waals surface area contributed by atoms with E-state index in [1.54, 1.807) is 25.4 Å². The molecule has 1 aliphatic heterocycles. The lowest BCUT2D eigenvalue weighted by Gasteiger charge is -2.29. The average Bonchev–Trinajstić information content (AvgIpc) is 3.63. The van der Waals surface area contributed by atoms with Crippen LogP contribution >= 0.6 is 12.2 Å². The van der Waals surface area contributed by atoms with Crippen molar-refractivity contribution in [2.45, 2.75) is 12.1 Å². The predicted molar refractivity (Wildman–Crippen MR) is 160 cm³/mol. The Balaban J connectivity index is 1.38. The monoisotopic (exact) mass is 563 g/mol. The summed E-state index contributed by atoms with van der Waals surface area (Å²) in [5.74, 6) is 2.13. The predicted octanol–water partition coefficient (Wildman–Crippen LogP) is 6.76. The summed E-state index contributed by atoms with van der Waals surface area (Å²) in [4.78, 5) is 17.8. The Kier molecular flexibility index (Phi) is 7.05. The number of nitrogens with zero attached hydrogens (tertiary/aromatic N) is 4. The number of thiocarbonyl (C=S) groups is 1. The molecular formula is C31H25N5O4S. The van der Waals surface area contributed by atoms with Crippen molar-refractivity contribution in [1.29, 1.82) is 0 Å². The van der Waals surface area contributed by atoms with Crippen molar-refractivity contribution in [2.24, 2.45) is 0 Å². The maximum atomic E-state index is 11.5. The smallest absolute Gasteiger partial charge is 0.271 e. The Morgan fingerprint density at radius 2 is 1.61 bits per heavy atom. The molecule has 0 bridgehead atoms. The van der Waals surface area contributed by atoms with Crippen molar-refractivity contribution in [3.63, 3.8) is 0 Å². The van der Waals surface area contributed by atoms with Gasteiger partial charge < -0.3 is 24.3 Å². The molecule has 2 atom stereocenters. The van der Waals surface area contributed by atoms with E-state index in [9.17, 15) is 10.1 Å². The Morgan fingerprint density at radius 3 is 2.29 bits per heavy atom. The van der Waals surface area contributed by atoms with E-state index in [0.29, 0.717) is 22.3 Å². The van der Waals surface area contributed by atoms with E-state index in [0.717, 1.165) is 22.8 Å². The zero-order valence-corrected chi connectivity index (χ0v) is 22.8. The summed E-state index contributed by atoms with van der Waals surface area (Å²) in [6.07, 6.45) is 3.65. The minimum Gasteiger partial charge on any atom is -0.497 e. The van der Waals surface area contributed by atoms with Crippen molar-refractivity contribution in [3.8, 4) is 22.9 Å². The van der Waals surface area contributed by atoms with E-state index >= 15 is 0 Å². The molecule has 1 fully saturated rings. The number of hydrogen-bond donors (Lipinski definition) is 1. The first-order valence-electron chi connectivity index (χ1n) is 12.9. The third-order valence-corrected chi connectivity index (χ3v) is 7.22. The third kappa shape index (κ3) is 5.20. The highest BCUT2D eigenvalue weighted by molar-refractivity contribution is 7.80. The fourth-order valence-electron chi connectivity index (χ4n) is 5.01. The summed E-state index contributed by atoms with van der Waals surface area (Å²) in [6.45, 7) is 0. The van der Waals surface area contributed by atoms with Crippen LogP contribution in [0.4, 0.5) is 11.4 Å². The standard InChI is InChI=1S/C31H25N5O4S/c1-39-24-14-16-26(17-15-24)40-25-12-10-21(11-13-25)35-30(29(33-31(35)41)27-8-2-3-18-32-27)28-9-5-19-34(28)22-6-4-7-23(20-22)36(37)38/h2-20,29-30H,1H3,(H,33,41)/t29-,30+/m0/s1. The van der Waals surface area contributed by atoms with Crippen molar-refractivity contribution >= 4 is 28.7 Å². The minimum absolute atomic E-state index is 0.0211. The molecule has 204 valence electrons. The largest absolute Gasteiger partial charge is 0.497 e. The van der Waals surface area contributed by atoms with E-state index < -0.39 is 4.92 Å². The van der Waals surface area contributed by atoms with Gasteiger partial charge in [0, 0.05) is 35.9 Å². The first-order chi connectivity index (χ1) is 20.0. The molecule has 6 rings (SSSR count). The Labute approximate surface area is 241 Å². The van der Waals surface area contributed by atoms with Crippen molar-refractivity contribution in [2.75, 3.05) is 12.0 Å². The van der Waals surface area contributed by atoms with Gasteiger partial charge in [0.2, 0.25) is 0 Å². The number of anilines is 1. The van der Waals surface area contributed by atoms with Crippen LogP contribution in [0.25, 0.3) is 5.69 Å². The second-order valence-electron chi connectivity index (χ2n) is 9.35. The van der Waals surface area contributed by atoms with Crippen LogP contribution in [-0.2, 0) is 0 Å². The van der Waals surface area contributed by atoms with E-state index in [1.165, 1.54) is 6.07 Å². The Hall–Kier alpha value is -5.22. The lowest BCUT2D eigenvalue weighted by molar-refractivity contribution is -0.384. The fourth-order valence-corrected chi connectivity index (χ4v) is 5.36. The summed E-state index contributed by atoms with van der Waals surface area (Å²) >= 11 is 5.87. The van der Waals surface area contributed by atoms with Gasteiger partial charge in [-0.05, 0) is 91.1 Å². The van der Waals surface area contributed by atoms with Gasteiger partial charge in [-0.3, -0.25) is 15.1 Å². The summed E-state index contributed by atoms with van der Waals surface area (Å²) in [6, 6.07) is 30.8. The van der Waals surface area contributed by atoms with Crippen LogP contribution in [-0.4, -0.2) is 26.7 Å². The number of rotatable bonds is 8. The van der Waals surface area contributed by atoms with Crippen molar-refractivity contribution < 1.29 is 14.4 Å². The molecule has 0 unspecified atom stereocenters. The summed E-state index contributed by atoms with van der Waals surface area (Å²) in [5.41, 5.74) is 3.29. The first-order valence-corrected chi connectivity index (χ1v) is 13.3. The number of ether oxygens (including phenoxy) is 2. The molecule has 2 aromatic heterocycles. The molecule has 10 heteroatoms. The molecule has 0 spiro atoms. The van der Waals surface area contributed by atoms with E-state index in [-0.39, 0.29) is 17.8 Å². The Morgan fingerprint density at radius 1 is 0.878 bits per heavy atom. The average molecular weight is 564 g/mol. The molecule has 5 aromatic rings. The van der Waals surface area contributed by atoms with E-state index in [1.807, 2.05) is 95.7 Å². The van der Waals surface area contributed by atoms with E-state index in [4.69, 9.17) is 21.7 Å². The Bertz CT molecular complexity index is 1690. The highest BCUT2D eigenvalue weighted by Gasteiger charge is 2.42. The number of nitrogens with one attached hydrogen (secondary N) is 1. The van der Waals surface area contributed by atoms with Gasteiger partial charge in [0.25, 0.3) is 5.69 Å². The maximum Gasteiger partial charge on any atom is 0.271 e. The van der Waals surface area contributed by atoms with Gasteiger partial charge in [0.05, 0.1) is 29.5 Å². The van der Waals surface area contributed by atoms with Crippen molar-refractivity contribution in [3.05, 3.63) is 137 Å². The SMILES string of the molecule is COc1ccc(Oc2ccc(N3C(=S)N[C@@H](c4ccccn4)[C@H]3c3cccn3-c3cccc([N+](=O)[O-])c3)cc2)cc1. The molecule has 3 heterocycles. The molecule has 1 aliphatic rings. The second-order valence-corrected chi connectivity index (χ2v) is 9.73. The van der Waals surface area contributed by atoms with Crippen LogP contribution in [0.15, 0.2) is 116 Å². The number of nitro benzene ring substituents is 1. The van der Waals surface area contributed by atoms with Crippen LogP contribution in [0.2, 0.25) is 0 Å². The number of nitro groups is 1. The summed E-state index contributed by atoms with van der Waals surface area (Å²) < 4.78 is 13.2. The van der Waals surface area contributed by atoms with Crippen LogP contribution in [0, 0.1) is 10.1 Å².